The Morgan fingerprint density at radius 2 is 1.82 bits per heavy atom. The molecule has 2 N–H and O–H groups in total. The van der Waals surface area contributed by atoms with Gasteiger partial charge in [0.1, 0.15) is 11.6 Å². The van der Waals surface area contributed by atoms with Crippen LogP contribution in [-0.2, 0) is 14.8 Å². The van der Waals surface area contributed by atoms with Gasteiger partial charge in [0.2, 0.25) is 10.0 Å². The van der Waals surface area contributed by atoms with Gasteiger partial charge in [-0.25, -0.2) is 12.8 Å². The molecule has 1 aliphatic rings. The number of halogens is 1. The Morgan fingerprint density at radius 3 is 2.46 bits per heavy atom. The predicted molar refractivity (Wildman–Crippen MR) is 109 cm³/mol. The Hall–Kier alpha value is -2.27. The number of thiocarbonyl (C=S) groups is 1. The van der Waals surface area contributed by atoms with Gasteiger partial charge in [0, 0.05) is 18.8 Å². The molecule has 1 heterocycles. The first-order chi connectivity index (χ1) is 13.4. The summed E-state index contributed by atoms with van der Waals surface area (Å²) >= 11 is 5.27. The molecular weight excluding hydrogens is 405 g/mol. The number of rotatable bonds is 5. The van der Waals surface area contributed by atoms with E-state index < -0.39 is 10.0 Å². The molecule has 28 heavy (non-hydrogen) atoms. The molecule has 2 aromatic carbocycles. The van der Waals surface area contributed by atoms with Crippen molar-refractivity contribution in [3.8, 4) is 5.75 Å². The van der Waals surface area contributed by atoms with Gasteiger partial charge in [0.05, 0.1) is 30.9 Å². The van der Waals surface area contributed by atoms with Crippen LogP contribution in [0.3, 0.4) is 0 Å². The van der Waals surface area contributed by atoms with Gasteiger partial charge in [0.15, 0.2) is 5.11 Å². The summed E-state index contributed by atoms with van der Waals surface area (Å²) < 4.78 is 50.7. The maximum atomic E-state index is 13.0. The molecule has 0 atom stereocenters. The van der Waals surface area contributed by atoms with E-state index in [1.54, 1.807) is 18.2 Å². The molecule has 0 bridgehead atoms. The van der Waals surface area contributed by atoms with Crippen molar-refractivity contribution in [2.24, 2.45) is 0 Å². The van der Waals surface area contributed by atoms with Crippen LogP contribution in [0.4, 0.5) is 15.8 Å². The molecule has 0 saturated carbocycles. The average Bonchev–Trinajstić information content (AvgIpc) is 2.70. The highest BCUT2D eigenvalue weighted by atomic mass is 32.2. The van der Waals surface area contributed by atoms with Crippen LogP contribution in [0.15, 0.2) is 47.4 Å². The highest BCUT2D eigenvalue weighted by Gasteiger charge is 2.27. The van der Waals surface area contributed by atoms with E-state index in [1.807, 2.05) is 0 Å². The minimum atomic E-state index is -3.66. The normalized spacial score (nSPS) is 15.1. The first-order valence-corrected chi connectivity index (χ1v) is 10.3. The second kappa shape index (κ2) is 8.82. The Bertz CT molecular complexity index is 946. The zero-order valence-electron chi connectivity index (χ0n) is 15.1. The molecule has 0 aromatic heterocycles. The third-order valence-corrected chi connectivity index (χ3v) is 6.23. The maximum absolute atomic E-state index is 13.0. The van der Waals surface area contributed by atoms with E-state index in [4.69, 9.17) is 21.7 Å². The van der Waals surface area contributed by atoms with Crippen LogP contribution in [0.25, 0.3) is 0 Å². The van der Waals surface area contributed by atoms with Gasteiger partial charge in [-0.3, -0.25) is 0 Å². The number of benzene rings is 2. The van der Waals surface area contributed by atoms with E-state index in [0.29, 0.717) is 43.4 Å². The zero-order chi connectivity index (χ0) is 20.1. The van der Waals surface area contributed by atoms with Crippen molar-refractivity contribution in [1.82, 2.24) is 4.31 Å². The van der Waals surface area contributed by atoms with Gasteiger partial charge in [-0.1, -0.05) is 0 Å². The minimum absolute atomic E-state index is 0.127. The molecule has 0 spiro atoms. The van der Waals surface area contributed by atoms with E-state index in [9.17, 15) is 12.8 Å². The van der Waals surface area contributed by atoms with Crippen molar-refractivity contribution >= 4 is 38.7 Å². The van der Waals surface area contributed by atoms with E-state index in [1.165, 1.54) is 35.7 Å². The molecule has 150 valence electrons. The lowest BCUT2D eigenvalue weighted by Gasteiger charge is -2.26. The van der Waals surface area contributed by atoms with Crippen molar-refractivity contribution in [2.45, 2.75) is 4.90 Å². The van der Waals surface area contributed by atoms with Crippen molar-refractivity contribution in [3.63, 3.8) is 0 Å². The standard InChI is InChI=1S/C18H20FN3O4S2/c1-25-17-7-6-15(28(23,24)22-8-10-26-11-9-22)12-16(17)21-18(27)20-14-4-2-13(19)3-5-14/h2-7,12H,8-11H2,1H3,(H2,20,21,27). The molecular formula is C18H20FN3O4S2. The molecule has 7 nitrogen and oxygen atoms in total. The Morgan fingerprint density at radius 1 is 1.14 bits per heavy atom. The fraction of sp³-hybridized carbons (Fsp3) is 0.278. The molecule has 3 rings (SSSR count). The van der Waals surface area contributed by atoms with Gasteiger partial charge in [-0.2, -0.15) is 4.31 Å². The summed E-state index contributed by atoms with van der Waals surface area (Å²) in [4.78, 5) is 0.127. The van der Waals surface area contributed by atoms with E-state index in [-0.39, 0.29) is 15.8 Å². The number of nitrogens with zero attached hydrogens (tertiary/aromatic N) is 1. The number of anilines is 2. The second-order valence-corrected chi connectivity index (χ2v) is 8.31. The summed E-state index contributed by atoms with van der Waals surface area (Å²) in [5.41, 5.74) is 0.992. The van der Waals surface area contributed by atoms with Crippen LogP contribution in [0.5, 0.6) is 5.75 Å². The smallest absolute Gasteiger partial charge is 0.243 e. The molecule has 1 aliphatic heterocycles. The van der Waals surface area contributed by atoms with Gasteiger partial charge in [0.25, 0.3) is 0 Å². The van der Waals surface area contributed by atoms with Crippen LogP contribution < -0.4 is 15.4 Å². The van der Waals surface area contributed by atoms with E-state index in [0.717, 1.165) is 0 Å². The molecule has 1 fully saturated rings. The van der Waals surface area contributed by atoms with E-state index >= 15 is 0 Å². The average molecular weight is 426 g/mol. The molecule has 0 radical (unpaired) electrons. The second-order valence-electron chi connectivity index (χ2n) is 5.96. The largest absolute Gasteiger partial charge is 0.495 e. The summed E-state index contributed by atoms with van der Waals surface area (Å²) in [6, 6.07) is 10.2. The van der Waals surface area contributed by atoms with Gasteiger partial charge < -0.3 is 20.1 Å². The molecule has 10 heteroatoms. The van der Waals surface area contributed by atoms with Crippen LogP contribution in [-0.4, -0.2) is 51.2 Å². The molecule has 1 saturated heterocycles. The SMILES string of the molecule is COc1ccc(S(=O)(=O)N2CCOCC2)cc1NC(=S)Nc1ccc(F)cc1. The number of hydrogen-bond acceptors (Lipinski definition) is 5. The number of hydrogen-bond donors (Lipinski definition) is 2. The third-order valence-electron chi connectivity index (χ3n) is 4.13. The van der Waals surface area contributed by atoms with Crippen LogP contribution in [0, 0.1) is 5.82 Å². The predicted octanol–water partition coefficient (Wildman–Crippen LogP) is 2.66. The number of morpholine rings is 1. The van der Waals surface area contributed by atoms with Crippen molar-refractivity contribution in [1.29, 1.82) is 0 Å². The number of sulfonamides is 1. The quantitative estimate of drug-likeness (QED) is 0.713. The lowest BCUT2D eigenvalue weighted by Crippen LogP contribution is -2.40. The molecule has 0 aliphatic carbocycles. The zero-order valence-corrected chi connectivity index (χ0v) is 16.8. The van der Waals surface area contributed by atoms with Crippen LogP contribution in [0.1, 0.15) is 0 Å². The number of nitrogens with one attached hydrogen (secondary N) is 2. The summed E-state index contributed by atoms with van der Waals surface area (Å²) in [5.74, 6) is 0.0799. The Labute approximate surface area is 168 Å². The first-order valence-electron chi connectivity index (χ1n) is 8.49. The van der Waals surface area contributed by atoms with Crippen LogP contribution in [0.2, 0.25) is 0 Å². The van der Waals surface area contributed by atoms with Crippen molar-refractivity contribution in [3.05, 3.63) is 48.3 Å². The topological polar surface area (TPSA) is 79.9 Å². The van der Waals surface area contributed by atoms with Crippen LogP contribution >= 0.6 is 12.2 Å². The summed E-state index contributed by atoms with van der Waals surface area (Å²) in [5, 5.41) is 6.06. The van der Waals surface area contributed by atoms with E-state index in [2.05, 4.69) is 10.6 Å². The molecule has 2 aromatic rings. The molecule has 0 unspecified atom stereocenters. The first kappa shape index (κ1) is 20.5. The monoisotopic (exact) mass is 425 g/mol. The Kier molecular flexibility index (Phi) is 6.45. The van der Waals surface area contributed by atoms with Crippen molar-refractivity contribution in [2.75, 3.05) is 44.0 Å². The van der Waals surface area contributed by atoms with Gasteiger partial charge >= 0.3 is 0 Å². The van der Waals surface area contributed by atoms with Gasteiger partial charge in [-0.15, -0.1) is 0 Å². The lowest BCUT2D eigenvalue weighted by atomic mass is 10.3. The van der Waals surface area contributed by atoms with Gasteiger partial charge in [-0.05, 0) is 54.7 Å². The summed E-state index contributed by atoms with van der Waals surface area (Å²) in [6.45, 7) is 1.35. The minimum Gasteiger partial charge on any atom is -0.495 e. The third kappa shape index (κ3) is 4.76. The maximum Gasteiger partial charge on any atom is 0.243 e. The fourth-order valence-electron chi connectivity index (χ4n) is 2.70. The Balaban J connectivity index is 1.80. The fourth-order valence-corrected chi connectivity index (χ4v) is 4.36. The summed E-state index contributed by atoms with van der Waals surface area (Å²) in [7, 11) is -2.18. The number of ether oxygens (including phenoxy) is 2. The highest BCUT2D eigenvalue weighted by Crippen LogP contribution is 2.29. The lowest BCUT2D eigenvalue weighted by molar-refractivity contribution is 0.0730. The van der Waals surface area contributed by atoms with Crippen molar-refractivity contribution < 1.29 is 22.3 Å². The molecule has 0 amide bonds. The number of methoxy groups -OCH3 is 1. The summed E-state index contributed by atoms with van der Waals surface area (Å²) in [6.07, 6.45) is 0. The highest BCUT2D eigenvalue weighted by molar-refractivity contribution is 7.89.